The molecule has 0 aromatic carbocycles. The van der Waals surface area contributed by atoms with Gasteiger partial charge in [-0.1, -0.05) is 6.08 Å². The highest BCUT2D eigenvalue weighted by atomic mass is 79.9. The molecule has 2 nitrogen and oxygen atoms in total. The Morgan fingerprint density at radius 3 is 2.62 bits per heavy atom. The Hall–Kier alpha value is -0.900. The number of halogens is 2. The first kappa shape index (κ1) is 13.2. The van der Waals surface area contributed by atoms with Crippen molar-refractivity contribution in [2.24, 2.45) is 0 Å². The third kappa shape index (κ3) is 3.04. The van der Waals surface area contributed by atoms with Gasteiger partial charge in [-0.15, -0.1) is 6.58 Å². The molecule has 0 aliphatic rings. The van der Waals surface area contributed by atoms with E-state index in [1.165, 1.54) is 6.07 Å². The predicted molar refractivity (Wildman–Crippen MR) is 69.2 cm³/mol. The summed E-state index contributed by atoms with van der Waals surface area (Å²) in [7, 11) is 0. The highest BCUT2D eigenvalue weighted by Gasteiger charge is 2.24. The summed E-state index contributed by atoms with van der Waals surface area (Å²) in [6, 6.07) is 1.42. The largest absolute Gasteiger partial charge is 0.346 e. The average molecular weight is 287 g/mol. The van der Waals surface area contributed by atoms with Crippen LogP contribution in [0.1, 0.15) is 20.8 Å². The maximum atomic E-state index is 13.8. The van der Waals surface area contributed by atoms with Gasteiger partial charge in [0.05, 0.1) is 0 Å². The first-order valence-corrected chi connectivity index (χ1v) is 5.85. The van der Waals surface area contributed by atoms with E-state index in [4.69, 9.17) is 0 Å². The van der Waals surface area contributed by atoms with E-state index in [1.807, 2.05) is 25.7 Å². The van der Waals surface area contributed by atoms with E-state index in [0.29, 0.717) is 16.8 Å². The van der Waals surface area contributed by atoms with E-state index in [-0.39, 0.29) is 11.4 Å². The third-order valence-corrected chi connectivity index (χ3v) is 2.60. The van der Waals surface area contributed by atoms with Crippen LogP contribution in [0, 0.1) is 5.82 Å². The summed E-state index contributed by atoms with van der Waals surface area (Å²) in [6.07, 6.45) is 3.34. The van der Waals surface area contributed by atoms with Gasteiger partial charge >= 0.3 is 0 Å². The van der Waals surface area contributed by atoms with Crippen LogP contribution in [0.5, 0.6) is 0 Å². The molecule has 0 unspecified atom stereocenters. The predicted octanol–water partition coefficient (Wildman–Crippen LogP) is 3.77. The molecule has 0 atom stereocenters. The zero-order chi connectivity index (χ0) is 12.3. The van der Waals surface area contributed by atoms with Gasteiger partial charge in [-0.3, -0.25) is 0 Å². The van der Waals surface area contributed by atoms with Gasteiger partial charge in [-0.25, -0.2) is 9.37 Å². The minimum absolute atomic E-state index is 0.199. The average Bonchev–Trinajstić information content (AvgIpc) is 2.13. The molecule has 4 heteroatoms. The summed E-state index contributed by atoms with van der Waals surface area (Å²) in [5.41, 5.74) is -0.199. The second-order valence-electron chi connectivity index (χ2n) is 4.53. The van der Waals surface area contributed by atoms with E-state index in [9.17, 15) is 4.39 Å². The van der Waals surface area contributed by atoms with Gasteiger partial charge in [-0.2, -0.15) is 0 Å². The van der Waals surface area contributed by atoms with Gasteiger partial charge in [0.15, 0.2) is 11.6 Å². The van der Waals surface area contributed by atoms with Crippen LogP contribution in [-0.4, -0.2) is 17.1 Å². The van der Waals surface area contributed by atoms with Crippen LogP contribution < -0.4 is 4.90 Å². The van der Waals surface area contributed by atoms with Crippen LogP contribution in [0.2, 0.25) is 0 Å². The fourth-order valence-electron chi connectivity index (χ4n) is 1.41. The van der Waals surface area contributed by atoms with Gasteiger partial charge < -0.3 is 4.90 Å². The zero-order valence-corrected chi connectivity index (χ0v) is 11.4. The van der Waals surface area contributed by atoms with E-state index in [2.05, 4.69) is 27.5 Å². The fourth-order valence-corrected chi connectivity index (χ4v) is 1.72. The molecule has 1 aromatic heterocycles. The standard InChI is InChI=1S/C12H16BrFN2/c1-5-6-16(12(2,3)4)11-10(14)7-9(13)8-15-11/h5,7-8H,1,6H2,2-4H3. The van der Waals surface area contributed by atoms with Crippen molar-refractivity contribution in [3.05, 3.63) is 35.2 Å². The van der Waals surface area contributed by atoms with Crippen molar-refractivity contribution in [3.8, 4) is 0 Å². The Morgan fingerprint density at radius 1 is 1.56 bits per heavy atom. The molecule has 88 valence electrons. The molecule has 0 saturated heterocycles. The molecule has 0 radical (unpaired) electrons. The Kier molecular flexibility index (Phi) is 4.08. The number of rotatable bonds is 3. The summed E-state index contributed by atoms with van der Waals surface area (Å²) < 4.78 is 14.4. The first-order chi connectivity index (χ1) is 7.36. The molecule has 0 spiro atoms. The van der Waals surface area contributed by atoms with E-state index < -0.39 is 0 Å². The van der Waals surface area contributed by atoms with Crippen molar-refractivity contribution in [2.45, 2.75) is 26.3 Å². The van der Waals surface area contributed by atoms with Crippen LogP contribution >= 0.6 is 15.9 Å². The van der Waals surface area contributed by atoms with Crippen molar-refractivity contribution < 1.29 is 4.39 Å². The van der Waals surface area contributed by atoms with Crippen LogP contribution in [0.3, 0.4) is 0 Å². The highest BCUT2D eigenvalue weighted by molar-refractivity contribution is 9.10. The summed E-state index contributed by atoms with van der Waals surface area (Å²) in [5.74, 6) is 0.0294. The molecule has 1 heterocycles. The molecule has 1 aromatic rings. The van der Waals surface area contributed by atoms with Crippen LogP contribution in [-0.2, 0) is 0 Å². The second kappa shape index (κ2) is 4.95. The molecule has 16 heavy (non-hydrogen) atoms. The Morgan fingerprint density at radius 2 is 2.19 bits per heavy atom. The number of nitrogens with zero attached hydrogens (tertiary/aromatic N) is 2. The topological polar surface area (TPSA) is 16.1 Å². The molecular weight excluding hydrogens is 271 g/mol. The molecule has 0 aliphatic carbocycles. The first-order valence-electron chi connectivity index (χ1n) is 5.06. The second-order valence-corrected chi connectivity index (χ2v) is 5.44. The fraction of sp³-hybridized carbons (Fsp3) is 0.417. The summed E-state index contributed by atoms with van der Waals surface area (Å²) in [4.78, 5) is 6.00. The Labute approximate surface area is 104 Å². The van der Waals surface area contributed by atoms with Gasteiger partial charge in [0, 0.05) is 22.8 Å². The van der Waals surface area contributed by atoms with E-state index in [1.54, 1.807) is 12.3 Å². The molecule has 0 aliphatic heterocycles. The maximum absolute atomic E-state index is 13.8. The number of anilines is 1. The quantitative estimate of drug-likeness (QED) is 0.787. The van der Waals surface area contributed by atoms with Crippen molar-refractivity contribution in [1.82, 2.24) is 4.98 Å². The lowest BCUT2D eigenvalue weighted by atomic mass is 10.1. The lowest BCUT2D eigenvalue weighted by Crippen LogP contribution is -2.42. The Bertz CT molecular complexity index is 385. The maximum Gasteiger partial charge on any atom is 0.166 e. The van der Waals surface area contributed by atoms with Crippen molar-refractivity contribution in [2.75, 3.05) is 11.4 Å². The van der Waals surface area contributed by atoms with E-state index >= 15 is 0 Å². The van der Waals surface area contributed by atoms with Crippen LogP contribution in [0.25, 0.3) is 0 Å². The molecule has 0 N–H and O–H groups in total. The van der Waals surface area contributed by atoms with Crippen molar-refractivity contribution in [1.29, 1.82) is 0 Å². The van der Waals surface area contributed by atoms with Gasteiger partial charge in [0.1, 0.15) is 0 Å². The molecule has 0 saturated carbocycles. The summed E-state index contributed by atoms with van der Waals surface area (Å²) in [5, 5.41) is 0. The number of hydrogen-bond acceptors (Lipinski definition) is 2. The molecular formula is C12H16BrFN2. The lowest BCUT2D eigenvalue weighted by Gasteiger charge is -2.36. The number of hydrogen-bond donors (Lipinski definition) is 0. The third-order valence-electron chi connectivity index (χ3n) is 2.17. The normalized spacial score (nSPS) is 11.3. The van der Waals surface area contributed by atoms with Crippen LogP contribution in [0.15, 0.2) is 29.4 Å². The van der Waals surface area contributed by atoms with Crippen molar-refractivity contribution in [3.63, 3.8) is 0 Å². The van der Waals surface area contributed by atoms with E-state index in [0.717, 1.165) is 0 Å². The van der Waals surface area contributed by atoms with Crippen LogP contribution in [0.4, 0.5) is 10.2 Å². The summed E-state index contributed by atoms with van der Waals surface area (Å²) >= 11 is 3.19. The SMILES string of the molecule is C=CCN(c1ncc(Br)cc1F)C(C)(C)C. The lowest BCUT2D eigenvalue weighted by molar-refractivity contribution is 0.500. The minimum Gasteiger partial charge on any atom is -0.346 e. The van der Waals surface area contributed by atoms with Crippen molar-refractivity contribution >= 4 is 21.7 Å². The van der Waals surface area contributed by atoms with Gasteiger partial charge in [0.2, 0.25) is 0 Å². The monoisotopic (exact) mass is 286 g/mol. The zero-order valence-electron chi connectivity index (χ0n) is 9.80. The molecule has 0 fully saturated rings. The number of pyridine rings is 1. The minimum atomic E-state index is -0.328. The highest BCUT2D eigenvalue weighted by Crippen LogP contribution is 2.26. The van der Waals surface area contributed by atoms with Gasteiger partial charge in [-0.05, 0) is 42.8 Å². The smallest absolute Gasteiger partial charge is 0.166 e. The molecule has 0 amide bonds. The van der Waals surface area contributed by atoms with Gasteiger partial charge in [0.25, 0.3) is 0 Å². The molecule has 1 rings (SSSR count). The Balaban J connectivity index is 3.16. The molecule has 0 bridgehead atoms. The summed E-state index contributed by atoms with van der Waals surface area (Å²) in [6.45, 7) is 10.3. The number of aromatic nitrogens is 1.